The van der Waals surface area contributed by atoms with Crippen LogP contribution in [-0.2, 0) is 17.4 Å². The van der Waals surface area contributed by atoms with Crippen LogP contribution in [0.1, 0.15) is 33.5 Å². The van der Waals surface area contributed by atoms with E-state index >= 15 is 0 Å². The van der Waals surface area contributed by atoms with Crippen LogP contribution in [0, 0.1) is 0 Å². The summed E-state index contributed by atoms with van der Waals surface area (Å²) in [6, 6.07) is 14.1. The van der Waals surface area contributed by atoms with Crippen molar-refractivity contribution < 1.29 is 9.16 Å². The van der Waals surface area contributed by atoms with Gasteiger partial charge in [0.2, 0.25) is 0 Å². The zero-order valence-electron chi connectivity index (χ0n) is 21.8. The van der Waals surface area contributed by atoms with Crippen LogP contribution in [0.4, 0.5) is 0 Å². The molecule has 0 spiro atoms. The number of nitrogens with zero attached hydrogens (tertiary/aromatic N) is 3. The van der Waals surface area contributed by atoms with E-state index in [9.17, 15) is 0 Å². The zero-order valence-corrected chi connectivity index (χ0v) is 24.4. The summed E-state index contributed by atoms with van der Waals surface area (Å²) in [5.41, 5.74) is 3.01. The molecule has 35 heavy (non-hydrogen) atoms. The largest absolute Gasteiger partial charge is 0.497 e. The standard InChI is InChI=1S/C27H36ClN3O2SSi/c1-26(2,3)35(6,7)33-18-27(4)17-24-29-30-25(31(24)13-14-34-27)22-12-11-20(16-23(22)28)19-9-8-10-21(15-19)32-5/h8-12,15-16H,13-14,17-18H2,1-7H3. The molecule has 1 aromatic heterocycles. The lowest BCUT2D eigenvalue weighted by molar-refractivity contribution is 0.252. The lowest BCUT2D eigenvalue weighted by Gasteiger charge is -2.39. The first kappa shape index (κ1) is 26.3. The maximum absolute atomic E-state index is 6.79. The molecule has 3 aromatic rings. The average Bonchev–Trinajstić information content (AvgIpc) is 3.10. The highest BCUT2D eigenvalue weighted by molar-refractivity contribution is 8.00. The molecule has 2 heterocycles. The predicted molar refractivity (Wildman–Crippen MR) is 150 cm³/mol. The van der Waals surface area contributed by atoms with E-state index in [1.807, 2.05) is 42.1 Å². The SMILES string of the molecule is COc1cccc(-c2ccc(-c3nnc4n3CCSC(C)(CO[Si](C)(C)C(C)(C)C)C4)c(Cl)c2)c1. The summed E-state index contributed by atoms with van der Waals surface area (Å²) in [6.07, 6.45) is 0.818. The predicted octanol–water partition coefficient (Wildman–Crippen LogP) is 7.34. The molecule has 0 radical (unpaired) electrons. The molecule has 188 valence electrons. The first-order chi connectivity index (χ1) is 16.4. The number of benzene rings is 2. The number of thioether (sulfide) groups is 1. The molecular formula is C27H36ClN3O2SSi. The van der Waals surface area contributed by atoms with Crippen LogP contribution in [0.3, 0.4) is 0 Å². The van der Waals surface area contributed by atoms with E-state index in [-0.39, 0.29) is 9.79 Å². The molecule has 1 aliphatic rings. The molecule has 0 saturated heterocycles. The van der Waals surface area contributed by atoms with Crippen molar-refractivity contribution in [1.29, 1.82) is 0 Å². The van der Waals surface area contributed by atoms with Gasteiger partial charge in [-0.1, -0.05) is 50.6 Å². The highest BCUT2D eigenvalue weighted by atomic mass is 35.5. The number of fused-ring (bicyclic) bond motifs is 1. The summed E-state index contributed by atoms with van der Waals surface area (Å²) in [4.78, 5) is 0. The Bertz CT molecular complexity index is 1210. The van der Waals surface area contributed by atoms with E-state index in [4.69, 9.17) is 20.8 Å². The van der Waals surface area contributed by atoms with Crippen molar-refractivity contribution in [3.63, 3.8) is 0 Å². The van der Waals surface area contributed by atoms with Crippen molar-refractivity contribution in [3.8, 4) is 28.3 Å². The van der Waals surface area contributed by atoms with Gasteiger partial charge in [0.25, 0.3) is 0 Å². The van der Waals surface area contributed by atoms with Crippen LogP contribution in [0.2, 0.25) is 23.2 Å². The minimum atomic E-state index is -1.82. The number of ether oxygens (including phenoxy) is 1. The van der Waals surface area contributed by atoms with Gasteiger partial charge in [-0.05, 0) is 60.4 Å². The molecule has 1 aliphatic heterocycles. The monoisotopic (exact) mass is 529 g/mol. The van der Waals surface area contributed by atoms with Crippen LogP contribution >= 0.6 is 23.4 Å². The van der Waals surface area contributed by atoms with Crippen LogP contribution in [0.25, 0.3) is 22.5 Å². The zero-order chi connectivity index (χ0) is 25.4. The van der Waals surface area contributed by atoms with Crippen LogP contribution in [-0.4, -0.2) is 47.3 Å². The number of rotatable bonds is 6. The van der Waals surface area contributed by atoms with Crippen molar-refractivity contribution >= 4 is 31.7 Å². The summed E-state index contributed by atoms with van der Waals surface area (Å²) >= 11 is 8.77. The minimum Gasteiger partial charge on any atom is -0.497 e. The lowest BCUT2D eigenvalue weighted by atomic mass is 10.0. The summed E-state index contributed by atoms with van der Waals surface area (Å²) in [7, 11) is -0.144. The Morgan fingerprint density at radius 2 is 1.86 bits per heavy atom. The van der Waals surface area contributed by atoms with E-state index in [1.165, 1.54) is 0 Å². The molecule has 0 amide bonds. The van der Waals surface area contributed by atoms with Gasteiger partial charge in [0.15, 0.2) is 14.1 Å². The van der Waals surface area contributed by atoms with Crippen molar-refractivity contribution in [2.75, 3.05) is 19.5 Å². The summed E-state index contributed by atoms with van der Waals surface area (Å²) in [5.74, 6) is 3.63. The third-order valence-electron chi connectivity index (χ3n) is 7.28. The van der Waals surface area contributed by atoms with Gasteiger partial charge in [0, 0.05) is 35.6 Å². The molecule has 0 fully saturated rings. The fourth-order valence-electron chi connectivity index (χ4n) is 3.99. The molecule has 5 nitrogen and oxygen atoms in total. The maximum Gasteiger partial charge on any atom is 0.192 e. The second kappa shape index (κ2) is 9.92. The lowest BCUT2D eigenvalue weighted by Crippen LogP contribution is -2.45. The third kappa shape index (κ3) is 5.63. The third-order valence-corrected chi connectivity index (χ3v) is 13.4. The van der Waals surface area contributed by atoms with Gasteiger partial charge in [-0.3, -0.25) is 0 Å². The molecule has 4 rings (SSSR count). The van der Waals surface area contributed by atoms with E-state index in [0.29, 0.717) is 5.02 Å². The number of hydrogen-bond acceptors (Lipinski definition) is 5. The number of methoxy groups -OCH3 is 1. The highest BCUT2D eigenvalue weighted by Crippen LogP contribution is 2.40. The van der Waals surface area contributed by atoms with E-state index in [0.717, 1.165) is 59.4 Å². The molecule has 1 atom stereocenters. The smallest absolute Gasteiger partial charge is 0.192 e. The van der Waals surface area contributed by atoms with Crippen molar-refractivity contribution in [2.45, 2.75) is 63.5 Å². The van der Waals surface area contributed by atoms with Gasteiger partial charge in [0.05, 0.1) is 12.1 Å². The second-order valence-electron chi connectivity index (χ2n) is 11.0. The normalized spacial score (nSPS) is 18.7. The molecule has 8 heteroatoms. The first-order valence-electron chi connectivity index (χ1n) is 12.1. The Morgan fingerprint density at radius 1 is 1.11 bits per heavy atom. The fraction of sp³-hybridized carbons (Fsp3) is 0.481. The van der Waals surface area contributed by atoms with Gasteiger partial charge in [-0.15, -0.1) is 10.2 Å². The van der Waals surface area contributed by atoms with Gasteiger partial charge < -0.3 is 13.7 Å². The fourth-order valence-corrected chi connectivity index (χ4v) is 6.61. The van der Waals surface area contributed by atoms with Gasteiger partial charge in [-0.2, -0.15) is 11.8 Å². The van der Waals surface area contributed by atoms with Crippen LogP contribution in [0.15, 0.2) is 42.5 Å². The highest BCUT2D eigenvalue weighted by Gasteiger charge is 2.40. The van der Waals surface area contributed by atoms with Crippen molar-refractivity contribution in [2.24, 2.45) is 0 Å². The summed E-state index contributed by atoms with van der Waals surface area (Å²) < 4.78 is 14.2. The Hall–Kier alpha value is -1.80. The van der Waals surface area contributed by atoms with Crippen molar-refractivity contribution in [3.05, 3.63) is 53.3 Å². The molecule has 0 saturated carbocycles. The number of aromatic nitrogens is 3. The first-order valence-corrected chi connectivity index (χ1v) is 16.3. The van der Waals surface area contributed by atoms with Gasteiger partial charge in [0.1, 0.15) is 11.6 Å². The molecule has 0 bridgehead atoms. The second-order valence-corrected chi connectivity index (χ2v) is 17.9. The number of hydrogen-bond donors (Lipinski definition) is 0. The number of halogens is 1. The summed E-state index contributed by atoms with van der Waals surface area (Å²) in [6.45, 7) is 15.4. The van der Waals surface area contributed by atoms with Gasteiger partial charge in [-0.25, -0.2) is 0 Å². The average molecular weight is 530 g/mol. The topological polar surface area (TPSA) is 49.2 Å². The van der Waals surface area contributed by atoms with E-state index in [2.05, 4.69) is 67.7 Å². The van der Waals surface area contributed by atoms with Crippen LogP contribution in [0.5, 0.6) is 5.75 Å². The summed E-state index contributed by atoms with van der Waals surface area (Å²) in [5, 5.41) is 10.0. The van der Waals surface area contributed by atoms with E-state index < -0.39 is 8.32 Å². The maximum atomic E-state index is 6.79. The Kier molecular flexibility index (Phi) is 7.45. The Morgan fingerprint density at radius 3 is 2.54 bits per heavy atom. The molecule has 0 N–H and O–H groups in total. The molecule has 1 unspecified atom stereocenters. The van der Waals surface area contributed by atoms with Gasteiger partial charge >= 0.3 is 0 Å². The quantitative estimate of drug-likeness (QED) is 0.312. The molecule has 2 aromatic carbocycles. The van der Waals surface area contributed by atoms with Crippen LogP contribution < -0.4 is 4.74 Å². The minimum absolute atomic E-state index is 0.0336. The van der Waals surface area contributed by atoms with Crippen molar-refractivity contribution in [1.82, 2.24) is 14.8 Å². The Labute approximate surface area is 219 Å². The van der Waals surface area contributed by atoms with E-state index in [1.54, 1.807) is 7.11 Å². The molecular weight excluding hydrogens is 494 g/mol. The Balaban J connectivity index is 1.57. The molecule has 0 aliphatic carbocycles.